The van der Waals surface area contributed by atoms with Gasteiger partial charge >= 0.3 is 5.97 Å². The van der Waals surface area contributed by atoms with E-state index in [-0.39, 0.29) is 5.41 Å². The average Bonchev–Trinajstić information content (AvgIpc) is 3.10. The minimum atomic E-state index is -0.742. The highest BCUT2D eigenvalue weighted by Crippen LogP contribution is 2.59. The van der Waals surface area contributed by atoms with Gasteiger partial charge in [0.15, 0.2) is 0 Å². The van der Waals surface area contributed by atoms with Gasteiger partial charge in [-0.2, -0.15) is 0 Å². The Hall–Kier alpha value is -1.51. The van der Waals surface area contributed by atoms with Crippen LogP contribution in [0, 0.1) is 5.41 Å². The molecule has 1 aromatic rings. The number of para-hydroxylation sites is 1. The van der Waals surface area contributed by atoms with Crippen molar-refractivity contribution in [3.63, 3.8) is 0 Å². The number of carboxylic acids is 1. The standard InChI is InChI=1S/C14H18O3/c1-3-14(8-9-14)12(13(15)16)10-6-4-5-7-11(10)17-2/h4-7,12H,3,8-9H2,1-2H3,(H,15,16). The number of benzene rings is 1. The second-order valence-electron chi connectivity index (χ2n) is 4.73. The Kier molecular flexibility index (Phi) is 3.09. The monoisotopic (exact) mass is 234 g/mol. The molecule has 0 bridgehead atoms. The molecule has 0 radical (unpaired) electrons. The van der Waals surface area contributed by atoms with Crippen molar-refractivity contribution in [3.05, 3.63) is 29.8 Å². The lowest BCUT2D eigenvalue weighted by Crippen LogP contribution is -2.23. The number of hydrogen-bond donors (Lipinski definition) is 1. The van der Waals surface area contributed by atoms with Crippen LogP contribution in [-0.2, 0) is 4.79 Å². The summed E-state index contributed by atoms with van der Waals surface area (Å²) in [6.45, 7) is 2.07. The lowest BCUT2D eigenvalue weighted by molar-refractivity contribution is -0.140. The molecule has 3 heteroatoms. The van der Waals surface area contributed by atoms with Gasteiger partial charge in [-0.3, -0.25) is 4.79 Å². The Morgan fingerprint density at radius 1 is 1.47 bits per heavy atom. The maximum Gasteiger partial charge on any atom is 0.311 e. The summed E-state index contributed by atoms with van der Waals surface area (Å²) in [5, 5.41) is 9.50. The molecule has 17 heavy (non-hydrogen) atoms. The molecular weight excluding hydrogens is 216 g/mol. The molecule has 1 aliphatic rings. The fourth-order valence-electron chi connectivity index (χ4n) is 2.64. The second kappa shape index (κ2) is 4.40. The van der Waals surface area contributed by atoms with Crippen molar-refractivity contribution in [2.24, 2.45) is 5.41 Å². The van der Waals surface area contributed by atoms with Crippen molar-refractivity contribution in [3.8, 4) is 5.75 Å². The minimum absolute atomic E-state index is 0.0551. The summed E-state index contributed by atoms with van der Waals surface area (Å²) in [5.41, 5.74) is 0.752. The first-order valence-corrected chi connectivity index (χ1v) is 6.00. The second-order valence-corrected chi connectivity index (χ2v) is 4.73. The van der Waals surface area contributed by atoms with Crippen LogP contribution in [0.3, 0.4) is 0 Å². The largest absolute Gasteiger partial charge is 0.496 e. The van der Waals surface area contributed by atoms with Gasteiger partial charge in [-0.1, -0.05) is 25.1 Å². The molecule has 3 nitrogen and oxygen atoms in total. The number of rotatable bonds is 5. The molecule has 2 rings (SSSR count). The van der Waals surface area contributed by atoms with E-state index in [0.717, 1.165) is 24.8 Å². The molecule has 1 saturated carbocycles. The molecule has 0 spiro atoms. The number of hydrogen-bond acceptors (Lipinski definition) is 2. The van der Waals surface area contributed by atoms with Gasteiger partial charge in [0.2, 0.25) is 0 Å². The Balaban J connectivity index is 2.43. The van der Waals surface area contributed by atoms with E-state index in [4.69, 9.17) is 4.74 Å². The van der Waals surface area contributed by atoms with Gasteiger partial charge in [-0.25, -0.2) is 0 Å². The van der Waals surface area contributed by atoms with Crippen molar-refractivity contribution >= 4 is 5.97 Å². The molecule has 1 unspecified atom stereocenters. The van der Waals surface area contributed by atoms with Crippen LogP contribution in [0.15, 0.2) is 24.3 Å². The Morgan fingerprint density at radius 3 is 2.59 bits per heavy atom. The van der Waals surface area contributed by atoms with Crippen LogP contribution < -0.4 is 4.74 Å². The lowest BCUT2D eigenvalue weighted by atomic mass is 9.81. The van der Waals surface area contributed by atoms with Crippen molar-refractivity contribution in [2.45, 2.75) is 32.1 Å². The molecule has 1 aliphatic carbocycles. The van der Waals surface area contributed by atoms with Crippen LogP contribution in [0.5, 0.6) is 5.75 Å². The average molecular weight is 234 g/mol. The number of aliphatic carboxylic acids is 1. The minimum Gasteiger partial charge on any atom is -0.496 e. The fourth-order valence-corrected chi connectivity index (χ4v) is 2.64. The molecular formula is C14H18O3. The molecule has 1 fully saturated rings. The third-order valence-corrected chi connectivity index (χ3v) is 3.91. The SMILES string of the molecule is CCC1(C(C(=O)O)c2ccccc2OC)CC1. The zero-order chi connectivity index (χ0) is 12.5. The van der Waals surface area contributed by atoms with E-state index >= 15 is 0 Å². The zero-order valence-electron chi connectivity index (χ0n) is 10.3. The molecule has 0 aromatic heterocycles. The molecule has 1 N–H and O–H groups in total. The Bertz CT molecular complexity index is 421. The van der Waals surface area contributed by atoms with Crippen LogP contribution in [0.1, 0.15) is 37.7 Å². The third kappa shape index (κ3) is 2.02. The smallest absolute Gasteiger partial charge is 0.311 e. The molecule has 1 atom stereocenters. The molecule has 0 heterocycles. The first kappa shape index (κ1) is 12.0. The maximum atomic E-state index is 11.6. The highest BCUT2D eigenvalue weighted by molar-refractivity contribution is 5.79. The van der Waals surface area contributed by atoms with Crippen molar-refractivity contribution in [2.75, 3.05) is 7.11 Å². The Morgan fingerprint density at radius 2 is 2.12 bits per heavy atom. The molecule has 92 valence electrons. The van der Waals surface area contributed by atoms with Gasteiger partial charge < -0.3 is 9.84 Å². The summed E-state index contributed by atoms with van der Waals surface area (Å²) in [6.07, 6.45) is 2.90. The van der Waals surface area contributed by atoms with E-state index in [0.29, 0.717) is 5.75 Å². The van der Waals surface area contributed by atoms with E-state index in [2.05, 4.69) is 6.92 Å². The van der Waals surface area contributed by atoms with E-state index in [1.165, 1.54) is 0 Å². The van der Waals surface area contributed by atoms with Crippen molar-refractivity contribution in [1.82, 2.24) is 0 Å². The zero-order valence-corrected chi connectivity index (χ0v) is 10.3. The quantitative estimate of drug-likeness (QED) is 0.851. The van der Waals surface area contributed by atoms with E-state index in [1.54, 1.807) is 7.11 Å². The predicted octanol–water partition coefficient (Wildman–Crippen LogP) is 3.05. The van der Waals surface area contributed by atoms with Crippen LogP contribution in [0.25, 0.3) is 0 Å². The molecule has 0 amide bonds. The highest BCUT2D eigenvalue weighted by Gasteiger charge is 2.52. The first-order valence-electron chi connectivity index (χ1n) is 6.00. The summed E-state index contributed by atoms with van der Waals surface area (Å²) in [5.74, 6) is -0.503. The maximum absolute atomic E-state index is 11.6. The molecule has 0 aliphatic heterocycles. The van der Waals surface area contributed by atoms with Crippen LogP contribution in [0.2, 0.25) is 0 Å². The fraction of sp³-hybridized carbons (Fsp3) is 0.500. The number of carbonyl (C=O) groups is 1. The van der Waals surface area contributed by atoms with Gasteiger partial charge in [-0.05, 0) is 30.7 Å². The van der Waals surface area contributed by atoms with E-state index in [1.807, 2.05) is 24.3 Å². The topological polar surface area (TPSA) is 46.5 Å². The van der Waals surface area contributed by atoms with Gasteiger partial charge in [-0.15, -0.1) is 0 Å². The number of methoxy groups -OCH3 is 1. The summed E-state index contributed by atoms with van der Waals surface area (Å²) < 4.78 is 5.28. The Labute approximate surface area is 101 Å². The van der Waals surface area contributed by atoms with Gasteiger partial charge in [0.25, 0.3) is 0 Å². The van der Waals surface area contributed by atoms with Gasteiger partial charge in [0.1, 0.15) is 5.75 Å². The third-order valence-electron chi connectivity index (χ3n) is 3.91. The van der Waals surface area contributed by atoms with E-state index in [9.17, 15) is 9.90 Å². The summed E-state index contributed by atoms with van der Waals surface area (Å²) in [4.78, 5) is 11.6. The number of carboxylic acid groups (broad SMARTS) is 1. The highest BCUT2D eigenvalue weighted by atomic mass is 16.5. The summed E-state index contributed by atoms with van der Waals surface area (Å²) in [7, 11) is 1.59. The van der Waals surface area contributed by atoms with Gasteiger partial charge in [0, 0.05) is 5.56 Å². The summed E-state index contributed by atoms with van der Waals surface area (Å²) in [6, 6.07) is 7.44. The van der Waals surface area contributed by atoms with E-state index < -0.39 is 11.9 Å². The first-order chi connectivity index (χ1) is 8.14. The predicted molar refractivity (Wildman–Crippen MR) is 65.3 cm³/mol. The van der Waals surface area contributed by atoms with Crippen LogP contribution >= 0.6 is 0 Å². The molecule has 0 saturated heterocycles. The number of ether oxygens (including phenoxy) is 1. The summed E-state index contributed by atoms with van der Waals surface area (Å²) >= 11 is 0. The van der Waals surface area contributed by atoms with Crippen molar-refractivity contribution in [1.29, 1.82) is 0 Å². The van der Waals surface area contributed by atoms with Crippen molar-refractivity contribution < 1.29 is 14.6 Å². The molecule has 1 aromatic carbocycles. The van der Waals surface area contributed by atoms with Gasteiger partial charge in [0.05, 0.1) is 13.0 Å². The normalized spacial score (nSPS) is 18.5. The van der Waals surface area contributed by atoms with Crippen LogP contribution in [0.4, 0.5) is 0 Å². The van der Waals surface area contributed by atoms with Crippen LogP contribution in [-0.4, -0.2) is 18.2 Å². The lowest BCUT2D eigenvalue weighted by Gasteiger charge is -2.24.